The maximum absolute atomic E-state index is 11.8. The van der Waals surface area contributed by atoms with Gasteiger partial charge in [0, 0.05) is 6.54 Å². The molecule has 3 heteroatoms. The molecule has 3 aromatic carbocycles. The number of likely N-dealkylation sites (tertiary alicyclic amines) is 1. The highest BCUT2D eigenvalue weighted by Crippen LogP contribution is 2.36. The smallest absolute Gasteiger partial charge is 0.320 e. The second kappa shape index (κ2) is 7.99. The highest BCUT2D eigenvalue weighted by atomic mass is 16.4. The lowest BCUT2D eigenvalue weighted by atomic mass is 9.93. The van der Waals surface area contributed by atoms with Crippen LogP contribution in [0.1, 0.15) is 35.6 Å². The molecule has 2 atom stereocenters. The van der Waals surface area contributed by atoms with Gasteiger partial charge in [-0.3, -0.25) is 9.69 Å². The van der Waals surface area contributed by atoms with Gasteiger partial charge in [-0.2, -0.15) is 0 Å². The summed E-state index contributed by atoms with van der Waals surface area (Å²) in [6, 6.07) is 26.8. The molecule has 0 bridgehead atoms. The number of hydrogen-bond donors (Lipinski definition) is 1. The Kier molecular flexibility index (Phi) is 5.27. The molecule has 28 heavy (non-hydrogen) atoms. The molecule has 4 rings (SSSR count). The third kappa shape index (κ3) is 3.71. The van der Waals surface area contributed by atoms with E-state index in [-0.39, 0.29) is 6.04 Å². The second-order valence-electron chi connectivity index (χ2n) is 7.54. The van der Waals surface area contributed by atoms with E-state index in [1.165, 1.54) is 16.7 Å². The Morgan fingerprint density at radius 1 is 0.929 bits per heavy atom. The third-order valence-corrected chi connectivity index (χ3v) is 5.60. The van der Waals surface area contributed by atoms with E-state index in [2.05, 4.69) is 72.5 Å². The molecule has 0 aromatic heterocycles. The van der Waals surface area contributed by atoms with Crippen molar-refractivity contribution in [3.63, 3.8) is 0 Å². The molecule has 1 aliphatic heterocycles. The minimum atomic E-state index is -0.726. The van der Waals surface area contributed by atoms with Gasteiger partial charge in [0.15, 0.2) is 0 Å². The van der Waals surface area contributed by atoms with Crippen LogP contribution in [0, 0.1) is 6.92 Å². The van der Waals surface area contributed by atoms with E-state index >= 15 is 0 Å². The lowest BCUT2D eigenvalue weighted by molar-refractivity contribution is -0.142. The monoisotopic (exact) mass is 371 g/mol. The van der Waals surface area contributed by atoms with Gasteiger partial charge in [-0.1, -0.05) is 84.4 Å². The van der Waals surface area contributed by atoms with Crippen LogP contribution in [-0.4, -0.2) is 28.6 Å². The van der Waals surface area contributed by atoms with E-state index in [0.29, 0.717) is 6.42 Å². The first-order valence-corrected chi connectivity index (χ1v) is 9.84. The van der Waals surface area contributed by atoms with Gasteiger partial charge in [-0.25, -0.2) is 0 Å². The lowest BCUT2D eigenvalue weighted by Gasteiger charge is -2.32. The van der Waals surface area contributed by atoms with Crippen molar-refractivity contribution in [2.45, 2.75) is 31.8 Å². The van der Waals surface area contributed by atoms with Gasteiger partial charge < -0.3 is 5.11 Å². The Hall–Kier alpha value is -2.91. The summed E-state index contributed by atoms with van der Waals surface area (Å²) in [6.07, 6.45) is 1.63. The van der Waals surface area contributed by atoms with E-state index in [4.69, 9.17) is 0 Å². The quantitative estimate of drug-likeness (QED) is 0.661. The van der Waals surface area contributed by atoms with Crippen molar-refractivity contribution in [3.8, 4) is 11.1 Å². The van der Waals surface area contributed by atoms with Crippen LogP contribution >= 0.6 is 0 Å². The van der Waals surface area contributed by atoms with Crippen molar-refractivity contribution in [3.05, 3.63) is 95.6 Å². The van der Waals surface area contributed by atoms with Crippen LogP contribution in [0.5, 0.6) is 0 Å². The van der Waals surface area contributed by atoms with E-state index in [1.54, 1.807) is 0 Å². The van der Waals surface area contributed by atoms with Crippen LogP contribution in [-0.2, 0) is 4.79 Å². The van der Waals surface area contributed by atoms with Crippen LogP contribution < -0.4 is 0 Å². The summed E-state index contributed by atoms with van der Waals surface area (Å²) in [5, 5.41) is 9.73. The van der Waals surface area contributed by atoms with Crippen LogP contribution in [0.3, 0.4) is 0 Å². The topological polar surface area (TPSA) is 40.5 Å². The number of benzene rings is 3. The van der Waals surface area contributed by atoms with Crippen molar-refractivity contribution in [1.82, 2.24) is 4.90 Å². The predicted molar refractivity (Wildman–Crippen MR) is 112 cm³/mol. The highest BCUT2D eigenvalue weighted by Gasteiger charge is 2.36. The summed E-state index contributed by atoms with van der Waals surface area (Å²) < 4.78 is 0. The molecular formula is C25H25NO2. The van der Waals surface area contributed by atoms with Gasteiger partial charge in [-0.15, -0.1) is 0 Å². The normalized spacial score (nSPS) is 18.1. The molecule has 1 fully saturated rings. The predicted octanol–water partition coefficient (Wildman–Crippen LogP) is 5.30. The molecule has 1 heterocycles. The number of aryl methyl sites for hydroxylation is 1. The maximum Gasteiger partial charge on any atom is 0.320 e. The minimum Gasteiger partial charge on any atom is -0.480 e. The summed E-state index contributed by atoms with van der Waals surface area (Å²) >= 11 is 0. The Bertz CT molecular complexity index is 950. The van der Waals surface area contributed by atoms with Gasteiger partial charge >= 0.3 is 5.97 Å². The number of hydrogen-bond acceptors (Lipinski definition) is 2. The molecule has 2 unspecified atom stereocenters. The number of carboxylic acids is 1. The van der Waals surface area contributed by atoms with Crippen LogP contribution in [0.2, 0.25) is 0 Å². The molecule has 0 spiro atoms. The van der Waals surface area contributed by atoms with Crippen molar-refractivity contribution >= 4 is 5.97 Å². The number of nitrogens with zero attached hydrogens (tertiary/aromatic N) is 1. The van der Waals surface area contributed by atoms with Crippen molar-refractivity contribution < 1.29 is 9.90 Å². The third-order valence-electron chi connectivity index (χ3n) is 5.60. The zero-order valence-corrected chi connectivity index (χ0v) is 16.1. The van der Waals surface area contributed by atoms with Gasteiger partial charge in [0.05, 0.1) is 6.04 Å². The highest BCUT2D eigenvalue weighted by molar-refractivity contribution is 5.74. The first-order valence-electron chi connectivity index (χ1n) is 9.84. The first-order chi connectivity index (χ1) is 13.6. The Balaban J connectivity index is 1.74. The standard InChI is InChI=1S/C25H25NO2/c1-18-7-5-10-22(17-18)24(26-16-6-11-23(26)25(27)28)21-14-12-20(13-15-21)19-8-3-2-4-9-19/h2-5,7-10,12-15,17,23-24H,6,11,16H2,1H3,(H,27,28). The summed E-state index contributed by atoms with van der Waals surface area (Å²) in [7, 11) is 0. The van der Waals surface area contributed by atoms with Gasteiger partial charge in [0.1, 0.15) is 6.04 Å². The molecule has 3 aromatic rings. The van der Waals surface area contributed by atoms with Crippen LogP contribution in [0.25, 0.3) is 11.1 Å². The fraction of sp³-hybridized carbons (Fsp3) is 0.240. The molecule has 1 N–H and O–H groups in total. The molecule has 0 radical (unpaired) electrons. The molecule has 1 aliphatic rings. The van der Waals surface area contributed by atoms with E-state index in [0.717, 1.165) is 24.1 Å². The summed E-state index contributed by atoms with van der Waals surface area (Å²) in [4.78, 5) is 14.0. The molecule has 142 valence electrons. The van der Waals surface area contributed by atoms with Crippen molar-refractivity contribution in [1.29, 1.82) is 0 Å². The summed E-state index contributed by atoms with van der Waals surface area (Å²) in [5.74, 6) is -0.726. The molecule has 0 saturated carbocycles. The maximum atomic E-state index is 11.8. The number of carboxylic acid groups (broad SMARTS) is 1. The van der Waals surface area contributed by atoms with Gasteiger partial charge in [-0.05, 0) is 42.0 Å². The van der Waals surface area contributed by atoms with Crippen LogP contribution in [0.4, 0.5) is 0 Å². The fourth-order valence-electron chi connectivity index (χ4n) is 4.27. The Morgan fingerprint density at radius 3 is 2.32 bits per heavy atom. The zero-order chi connectivity index (χ0) is 19.5. The second-order valence-corrected chi connectivity index (χ2v) is 7.54. The van der Waals surface area contributed by atoms with Gasteiger partial charge in [0.25, 0.3) is 0 Å². The summed E-state index contributed by atoms with van der Waals surface area (Å²) in [6.45, 7) is 2.88. The molecule has 0 aliphatic carbocycles. The van der Waals surface area contributed by atoms with Crippen molar-refractivity contribution in [2.24, 2.45) is 0 Å². The van der Waals surface area contributed by atoms with Gasteiger partial charge in [0.2, 0.25) is 0 Å². The van der Waals surface area contributed by atoms with E-state index in [1.807, 2.05) is 18.2 Å². The number of carbonyl (C=O) groups is 1. The molecule has 3 nitrogen and oxygen atoms in total. The average molecular weight is 371 g/mol. The Labute approximate surface area is 166 Å². The summed E-state index contributed by atoms with van der Waals surface area (Å²) in [5.41, 5.74) is 5.84. The SMILES string of the molecule is Cc1cccc(C(c2ccc(-c3ccccc3)cc2)N2CCCC2C(=O)O)c1. The minimum absolute atomic E-state index is 0.0478. The van der Waals surface area contributed by atoms with Crippen molar-refractivity contribution in [2.75, 3.05) is 6.54 Å². The van der Waals surface area contributed by atoms with Crippen LogP contribution in [0.15, 0.2) is 78.9 Å². The molecule has 1 saturated heterocycles. The zero-order valence-electron chi connectivity index (χ0n) is 16.1. The van der Waals surface area contributed by atoms with E-state index < -0.39 is 12.0 Å². The first kappa shape index (κ1) is 18.5. The van der Waals surface area contributed by atoms with E-state index in [9.17, 15) is 9.90 Å². The number of aliphatic carboxylic acids is 1. The fourth-order valence-corrected chi connectivity index (χ4v) is 4.27. The Morgan fingerprint density at radius 2 is 1.64 bits per heavy atom. The largest absolute Gasteiger partial charge is 0.480 e. The molecule has 0 amide bonds. The lowest BCUT2D eigenvalue weighted by Crippen LogP contribution is -2.39. The average Bonchev–Trinajstić information content (AvgIpc) is 3.19. The number of rotatable bonds is 5. The molecular weight excluding hydrogens is 346 g/mol.